The third-order valence-corrected chi connectivity index (χ3v) is 4.22. The number of carbonyl (C=O) groups excluding carboxylic acids is 1. The molecule has 0 N–H and O–H groups in total. The van der Waals surface area contributed by atoms with Crippen LogP contribution in [0.2, 0.25) is 0 Å². The molecule has 1 aromatic rings. The highest BCUT2D eigenvalue weighted by molar-refractivity contribution is 5.78. The Morgan fingerprint density at radius 1 is 1.23 bits per heavy atom. The van der Waals surface area contributed by atoms with Crippen LogP contribution in [0.3, 0.4) is 0 Å². The summed E-state index contributed by atoms with van der Waals surface area (Å²) < 4.78 is 5.31. The molecule has 0 heterocycles. The van der Waals surface area contributed by atoms with Gasteiger partial charge in [-0.2, -0.15) is 0 Å². The molecule has 0 amide bonds. The topological polar surface area (TPSA) is 26.3 Å². The number of ether oxygens (including phenoxy) is 1. The molecule has 2 heteroatoms. The highest BCUT2D eigenvalue weighted by Crippen LogP contribution is 2.59. The van der Waals surface area contributed by atoms with E-state index in [2.05, 4.69) is 45.6 Å². The van der Waals surface area contributed by atoms with Crippen molar-refractivity contribution >= 4 is 5.97 Å². The van der Waals surface area contributed by atoms with Crippen LogP contribution >= 0.6 is 0 Å². The average molecular weight is 296 g/mol. The number of carbonyl (C=O) groups is 1. The van der Waals surface area contributed by atoms with Crippen molar-refractivity contribution in [3.05, 3.63) is 47.5 Å². The summed E-state index contributed by atoms with van der Waals surface area (Å²) in [4.78, 5) is 12.1. The van der Waals surface area contributed by atoms with E-state index in [0.717, 1.165) is 0 Å². The number of benzene rings is 1. The summed E-state index contributed by atoms with van der Waals surface area (Å²) in [6, 6.07) is 10.1. The van der Waals surface area contributed by atoms with Gasteiger partial charge in [0, 0.05) is 6.42 Å². The van der Waals surface area contributed by atoms with Gasteiger partial charge >= 0.3 is 5.97 Å². The number of esters is 1. The molecule has 2 rings (SSSR count). The van der Waals surface area contributed by atoms with Crippen molar-refractivity contribution in [1.29, 1.82) is 0 Å². The van der Waals surface area contributed by atoms with Gasteiger partial charge in [-0.05, 0) is 30.7 Å². The van der Waals surface area contributed by atoms with E-state index in [-0.39, 0.29) is 23.9 Å². The summed E-state index contributed by atoms with van der Waals surface area (Å²) in [5, 5.41) is 0. The lowest BCUT2D eigenvalue weighted by Gasteiger charge is -2.01. The van der Waals surface area contributed by atoms with Crippen molar-refractivity contribution in [1.82, 2.24) is 0 Å². The van der Waals surface area contributed by atoms with Gasteiger partial charge in [0.05, 0.1) is 5.92 Å². The lowest BCUT2D eigenvalue weighted by Crippen LogP contribution is -2.10. The fourth-order valence-electron chi connectivity index (χ4n) is 2.81. The first-order valence-corrected chi connectivity index (χ1v) is 7.74. The van der Waals surface area contributed by atoms with Gasteiger partial charge in [0.25, 0.3) is 0 Å². The summed E-state index contributed by atoms with van der Waals surface area (Å²) in [5.74, 6) is 6.10. The molecule has 2 atom stereocenters. The Morgan fingerprint density at radius 2 is 1.91 bits per heavy atom. The van der Waals surface area contributed by atoms with E-state index in [0.29, 0.717) is 12.3 Å². The highest BCUT2D eigenvalue weighted by Gasteiger charge is 2.61. The zero-order chi connectivity index (χ0) is 16.2. The molecule has 116 valence electrons. The zero-order valence-electron chi connectivity index (χ0n) is 13.8. The molecule has 1 fully saturated rings. The van der Waals surface area contributed by atoms with Crippen molar-refractivity contribution in [3.8, 4) is 11.8 Å². The Morgan fingerprint density at radius 3 is 2.55 bits per heavy atom. The summed E-state index contributed by atoms with van der Waals surface area (Å²) in [5.41, 5.74) is 2.43. The SMILES string of the molecule is CC(C)=CC1C(C(=O)OCC#CCc2ccccc2)C1(C)C. The van der Waals surface area contributed by atoms with Crippen molar-refractivity contribution in [3.63, 3.8) is 0 Å². The van der Waals surface area contributed by atoms with E-state index in [9.17, 15) is 4.79 Å². The maximum absolute atomic E-state index is 12.1. The van der Waals surface area contributed by atoms with Gasteiger partial charge in [0.15, 0.2) is 6.61 Å². The van der Waals surface area contributed by atoms with Gasteiger partial charge in [0.1, 0.15) is 0 Å². The molecule has 1 aromatic carbocycles. The van der Waals surface area contributed by atoms with Gasteiger partial charge in [-0.15, -0.1) is 0 Å². The molecular weight excluding hydrogens is 272 g/mol. The first-order valence-electron chi connectivity index (χ1n) is 7.74. The lowest BCUT2D eigenvalue weighted by atomic mass is 10.1. The minimum absolute atomic E-state index is 0.00577. The summed E-state index contributed by atoms with van der Waals surface area (Å²) in [6.45, 7) is 8.53. The number of hydrogen-bond donors (Lipinski definition) is 0. The molecule has 0 aliphatic heterocycles. The van der Waals surface area contributed by atoms with E-state index >= 15 is 0 Å². The van der Waals surface area contributed by atoms with Crippen LogP contribution in [0.5, 0.6) is 0 Å². The fraction of sp³-hybridized carbons (Fsp3) is 0.450. The van der Waals surface area contributed by atoms with Crippen LogP contribution in [0.25, 0.3) is 0 Å². The number of hydrogen-bond acceptors (Lipinski definition) is 2. The maximum atomic E-state index is 12.1. The molecule has 0 saturated heterocycles. The summed E-state index contributed by atoms with van der Waals surface area (Å²) in [6.07, 6.45) is 2.86. The maximum Gasteiger partial charge on any atom is 0.311 e. The lowest BCUT2D eigenvalue weighted by molar-refractivity contribution is -0.144. The van der Waals surface area contributed by atoms with Crippen molar-refractivity contribution in [2.45, 2.75) is 34.1 Å². The molecule has 0 radical (unpaired) electrons. The quantitative estimate of drug-likeness (QED) is 0.476. The average Bonchev–Trinajstić information content (AvgIpc) is 2.99. The molecule has 2 unspecified atom stereocenters. The Kier molecular flexibility index (Phi) is 5.08. The third-order valence-electron chi connectivity index (χ3n) is 4.22. The minimum atomic E-state index is -0.124. The Hall–Kier alpha value is -2.01. The largest absolute Gasteiger partial charge is 0.452 e. The molecule has 0 aromatic heterocycles. The van der Waals surface area contributed by atoms with Crippen LogP contribution in [0.15, 0.2) is 42.0 Å². The molecule has 22 heavy (non-hydrogen) atoms. The van der Waals surface area contributed by atoms with Crippen LogP contribution < -0.4 is 0 Å². The smallest absolute Gasteiger partial charge is 0.311 e. The van der Waals surface area contributed by atoms with Crippen LogP contribution in [0.4, 0.5) is 0 Å². The van der Waals surface area contributed by atoms with Crippen molar-refractivity contribution in [2.75, 3.05) is 6.61 Å². The van der Waals surface area contributed by atoms with E-state index in [1.807, 2.05) is 30.3 Å². The minimum Gasteiger partial charge on any atom is -0.452 e. The summed E-state index contributed by atoms with van der Waals surface area (Å²) in [7, 11) is 0. The summed E-state index contributed by atoms with van der Waals surface area (Å²) >= 11 is 0. The van der Waals surface area contributed by atoms with Crippen LogP contribution in [0.1, 0.15) is 33.3 Å². The predicted octanol–water partition coefficient (Wildman–Crippen LogP) is 4.01. The van der Waals surface area contributed by atoms with Gasteiger partial charge in [-0.25, -0.2) is 0 Å². The van der Waals surface area contributed by atoms with E-state index in [1.54, 1.807) is 0 Å². The van der Waals surface area contributed by atoms with E-state index in [1.165, 1.54) is 11.1 Å². The second-order valence-electron chi connectivity index (χ2n) is 6.69. The molecule has 0 bridgehead atoms. The highest BCUT2D eigenvalue weighted by atomic mass is 16.5. The third kappa shape index (κ3) is 4.01. The Balaban J connectivity index is 1.79. The van der Waals surface area contributed by atoms with Gasteiger partial charge in [-0.3, -0.25) is 4.79 Å². The molecule has 0 spiro atoms. The first kappa shape index (κ1) is 16.4. The molecule has 1 aliphatic carbocycles. The Bertz CT molecular complexity index is 610. The second-order valence-corrected chi connectivity index (χ2v) is 6.69. The zero-order valence-corrected chi connectivity index (χ0v) is 13.8. The predicted molar refractivity (Wildman–Crippen MR) is 89.1 cm³/mol. The number of allylic oxidation sites excluding steroid dienone is 2. The van der Waals surface area contributed by atoms with E-state index in [4.69, 9.17) is 4.74 Å². The van der Waals surface area contributed by atoms with Crippen LogP contribution in [-0.4, -0.2) is 12.6 Å². The second kappa shape index (κ2) is 6.83. The van der Waals surface area contributed by atoms with Crippen LogP contribution in [-0.2, 0) is 16.0 Å². The van der Waals surface area contributed by atoms with Crippen molar-refractivity contribution < 1.29 is 9.53 Å². The molecule has 2 nitrogen and oxygen atoms in total. The number of rotatable bonds is 4. The van der Waals surface area contributed by atoms with E-state index < -0.39 is 0 Å². The molecule has 1 aliphatic rings. The Labute approximate surface area is 133 Å². The normalized spacial score (nSPS) is 21.3. The first-order chi connectivity index (χ1) is 10.4. The molecule has 1 saturated carbocycles. The fourth-order valence-corrected chi connectivity index (χ4v) is 2.81. The molecular formula is C20H24O2. The van der Waals surface area contributed by atoms with Gasteiger partial charge < -0.3 is 4.74 Å². The van der Waals surface area contributed by atoms with Gasteiger partial charge in [0.2, 0.25) is 0 Å². The van der Waals surface area contributed by atoms with Crippen molar-refractivity contribution in [2.24, 2.45) is 17.3 Å². The van der Waals surface area contributed by atoms with Crippen LogP contribution in [0, 0.1) is 29.1 Å². The van der Waals surface area contributed by atoms with Gasteiger partial charge in [-0.1, -0.05) is 67.7 Å². The monoisotopic (exact) mass is 296 g/mol. The standard InChI is InChI=1S/C20H24O2/c1-15(2)14-17-18(20(17,3)4)19(21)22-13-9-8-12-16-10-6-5-7-11-16/h5-7,10-11,14,17-18H,12-13H2,1-4H3.